The topological polar surface area (TPSA) is 62.7 Å². The molecule has 1 saturated heterocycles. The lowest BCUT2D eigenvalue weighted by Crippen LogP contribution is -2.48. The van der Waals surface area contributed by atoms with Crippen molar-refractivity contribution in [2.24, 2.45) is 0 Å². The van der Waals surface area contributed by atoms with Crippen LogP contribution in [0, 0.1) is 0 Å². The van der Waals surface area contributed by atoms with Crippen LogP contribution in [0.25, 0.3) is 0 Å². The summed E-state index contributed by atoms with van der Waals surface area (Å²) in [7, 11) is -3.70. The number of ether oxygens (including phenoxy) is 1. The van der Waals surface area contributed by atoms with E-state index >= 15 is 0 Å². The van der Waals surface area contributed by atoms with Crippen molar-refractivity contribution in [3.63, 3.8) is 0 Å². The fourth-order valence-electron chi connectivity index (χ4n) is 3.54. The van der Waals surface area contributed by atoms with Crippen LogP contribution in [0.15, 0.2) is 52.7 Å². The molecule has 0 unspecified atom stereocenters. The van der Waals surface area contributed by atoms with E-state index in [-0.39, 0.29) is 14.9 Å². The maximum absolute atomic E-state index is 13.0. The number of aromatic nitrogens is 1. The van der Waals surface area contributed by atoms with Gasteiger partial charge in [0.05, 0.1) is 22.3 Å². The van der Waals surface area contributed by atoms with E-state index in [0.717, 1.165) is 23.0 Å². The maximum atomic E-state index is 13.0. The van der Waals surface area contributed by atoms with Crippen LogP contribution < -0.4 is 9.64 Å². The Balaban J connectivity index is 1.38. The number of rotatable bonds is 7. The molecule has 0 saturated carbocycles. The number of benzene rings is 2. The normalized spacial score (nSPS) is 15.2. The molecule has 0 amide bonds. The highest BCUT2D eigenvalue weighted by Crippen LogP contribution is 2.32. The van der Waals surface area contributed by atoms with Crippen molar-refractivity contribution in [1.29, 1.82) is 0 Å². The molecular weight excluding hydrogens is 489 g/mol. The third-order valence-electron chi connectivity index (χ3n) is 5.20. The third-order valence-corrected chi connectivity index (χ3v) is 9.02. The lowest BCUT2D eigenvalue weighted by atomic mass is 10.1. The van der Waals surface area contributed by atoms with E-state index < -0.39 is 10.0 Å². The Morgan fingerprint density at radius 2 is 1.78 bits per heavy atom. The standard InChI is InChI=1S/C22H23Cl2N3O3S2/c1-2-30-18-8-6-16(7-9-18)14-17-15-31-22(25-17)26-10-12-27(13-11-26)32(28,29)20-5-3-4-19(23)21(20)24/h3-9,15H,2,10-14H2,1H3. The summed E-state index contributed by atoms with van der Waals surface area (Å²) < 4.78 is 33.0. The van der Waals surface area contributed by atoms with Gasteiger partial charge in [-0.25, -0.2) is 13.4 Å². The van der Waals surface area contributed by atoms with E-state index in [9.17, 15) is 8.42 Å². The van der Waals surface area contributed by atoms with Crippen LogP contribution in [-0.4, -0.2) is 50.5 Å². The largest absolute Gasteiger partial charge is 0.494 e. The van der Waals surface area contributed by atoms with Crippen molar-refractivity contribution in [3.05, 3.63) is 69.1 Å². The molecule has 0 spiro atoms. The second kappa shape index (κ2) is 9.97. The van der Waals surface area contributed by atoms with Crippen LogP contribution >= 0.6 is 34.5 Å². The van der Waals surface area contributed by atoms with Gasteiger partial charge in [0.15, 0.2) is 5.13 Å². The minimum atomic E-state index is -3.70. The Morgan fingerprint density at radius 3 is 2.47 bits per heavy atom. The molecule has 1 fully saturated rings. The lowest BCUT2D eigenvalue weighted by Gasteiger charge is -2.34. The molecule has 1 aromatic heterocycles. The first-order valence-electron chi connectivity index (χ1n) is 10.2. The van der Waals surface area contributed by atoms with E-state index in [0.29, 0.717) is 32.8 Å². The summed E-state index contributed by atoms with van der Waals surface area (Å²) in [5, 5.41) is 3.26. The van der Waals surface area contributed by atoms with Gasteiger partial charge in [-0.2, -0.15) is 4.31 Å². The number of hydrogen-bond donors (Lipinski definition) is 0. The predicted molar refractivity (Wildman–Crippen MR) is 130 cm³/mol. The number of nitrogens with zero attached hydrogens (tertiary/aromatic N) is 3. The average Bonchev–Trinajstić information content (AvgIpc) is 3.25. The summed E-state index contributed by atoms with van der Waals surface area (Å²) in [6.07, 6.45) is 0.741. The van der Waals surface area contributed by atoms with Gasteiger partial charge in [0, 0.05) is 38.0 Å². The number of sulfonamides is 1. The van der Waals surface area contributed by atoms with Gasteiger partial charge in [-0.3, -0.25) is 0 Å². The smallest absolute Gasteiger partial charge is 0.244 e. The second-order valence-corrected chi connectivity index (χ2v) is 10.8. The van der Waals surface area contributed by atoms with E-state index in [1.54, 1.807) is 23.5 Å². The van der Waals surface area contributed by atoms with Crippen LogP contribution in [0.4, 0.5) is 5.13 Å². The van der Waals surface area contributed by atoms with Gasteiger partial charge in [-0.1, -0.05) is 41.4 Å². The van der Waals surface area contributed by atoms with Gasteiger partial charge in [0.2, 0.25) is 10.0 Å². The van der Waals surface area contributed by atoms with Crippen molar-refractivity contribution in [2.75, 3.05) is 37.7 Å². The molecule has 32 heavy (non-hydrogen) atoms. The zero-order valence-corrected chi connectivity index (χ0v) is 20.6. The van der Waals surface area contributed by atoms with E-state index in [4.69, 9.17) is 32.9 Å². The van der Waals surface area contributed by atoms with Crippen LogP contribution in [0.1, 0.15) is 18.2 Å². The molecular formula is C22H23Cl2N3O3S2. The highest BCUT2D eigenvalue weighted by atomic mass is 35.5. The van der Waals surface area contributed by atoms with Crippen molar-refractivity contribution >= 4 is 49.7 Å². The Hall–Kier alpha value is -1.84. The Bertz CT molecular complexity index is 1180. The molecule has 0 aliphatic carbocycles. The summed E-state index contributed by atoms with van der Waals surface area (Å²) in [4.78, 5) is 6.94. The molecule has 6 nitrogen and oxygen atoms in total. The number of thiazole rings is 1. The Kier molecular flexibility index (Phi) is 7.27. The summed E-state index contributed by atoms with van der Waals surface area (Å²) in [5.41, 5.74) is 2.16. The SMILES string of the molecule is CCOc1ccc(Cc2csc(N3CCN(S(=O)(=O)c4cccc(Cl)c4Cl)CC3)n2)cc1. The van der Waals surface area contributed by atoms with Crippen LogP contribution in [0.2, 0.25) is 10.0 Å². The zero-order valence-electron chi connectivity index (χ0n) is 17.5. The number of piperazine rings is 1. The summed E-state index contributed by atoms with van der Waals surface area (Å²) in [6, 6.07) is 12.7. The Labute approximate surface area is 202 Å². The predicted octanol–water partition coefficient (Wildman–Crippen LogP) is 4.95. The second-order valence-electron chi connectivity index (χ2n) is 7.32. The van der Waals surface area contributed by atoms with Crippen molar-refractivity contribution in [3.8, 4) is 5.75 Å². The first-order chi connectivity index (χ1) is 15.4. The van der Waals surface area contributed by atoms with Crippen LogP contribution in [0.3, 0.4) is 0 Å². The number of hydrogen-bond acceptors (Lipinski definition) is 6. The fourth-order valence-corrected chi connectivity index (χ4v) is 6.58. The van der Waals surface area contributed by atoms with E-state index in [1.807, 2.05) is 19.1 Å². The fraction of sp³-hybridized carbons (Fsp3) is 0.318. The van der Waals surface area contributed by atoms with Crippen LogP contribution in [-0.2, 0) is 16.4 Å². The van der Waals surface area contributed by atoms with Gasteiger partial charge in [-0.15, -0.1) is 11.3 Å². The summed E-state index contributed by atoms with van der Waals surface area (Å²) >= 11 is 13.7. The van der Waals surface area contributed by atoms with E-state index in [2.05, 4.69) is 22.4 Å². The lowest BCUT2D eigenvalue weighted by molar-refractivity contribution is 0.340. The first-order valence-corrected chi connectivity index (χ1v) is 13.3. The third kappa shape index (κ3) is 5.05. The zero-order chi connectivity index (χ0) is 22.7. The Morgan fingerprint density at radius 1 is 1.06 bits per heavy atom. The molecule has 0 N–H and O–H groups in total. The molecule has 0 radical (unpaired) electrons. The molecule has 4 rings (SSSR count). The van der Waals surface area contributed by atoms with Crippen molar-refractivity contribution < 1.29 is 13.2 Å². The summed E-state index contributed by atoms with van der Waals surface area (Å²) in [5.74, 6) is 0.863. The van der Waals surface area contributed by atoms with Gasteiger partial charge >= 0.3 is 0 Å². The first kappa shape index (κ1) is 23.3. The highest BCUT2D eigenvalue weighted by molar-refractivity contribution is 7.89. The van der Waals surface area contributed by atoms with Crippen LogP contribution in [0.5, 0.6) is 5.75 Å². The molecule has 10 heteroatoms. The molecule has 3 aromatic rings. The molecule has 170 valence electrons. The molecule has 0 bridgehead atoms. The van der Waals surface area contributed by atoms with Gasteiger partial charge in [0.1, 0.15) is 10.6 Å². The van der Waals surface area contributed by atoms with Gasteiger partial charge in [0.25, 0.3) is 0 Å². The monoisotopic (exact) mass is 511 g/mol. The maximum Gasteiger partial charge on any atom is 0.244 e. The molecule has 0 atom stereocenters. The molecule has 2 aromatic carbocycles. The van der Waals surface area contributed by atoms with Crippen molar-refractivity contribution in [2.45, 2.75) is 18.2 Å². The average molecular weight is 512 g/mol. The quantitative estimate of drug-likeness (QED) is 0.448. The number of anilines is 1. The summed E-state index contributed by atoms with van der Waals surface area (Å²) in [6.45, 7) is 4.46. The highest BCUT2D eigenvalue weighted by Gasteiger charge is 2.31. The molecule has 1 aliphatic heterocycles. The minimum Gasteiger partial charge on any atom is -0.494 e. The number of halogens is 2. The molecule has 2 heterocycles. The minimum absolute atomic E-state index is 0.0482. The van der Waals surface area contributed by atoms with E-state index in [1.165, 1.54) is 15.9 Å². The molecule has 1 aliphatic rings. The van der Waals surface area contributed by atoms with Gasteiger partial charge < -0.3 is 9.64 Å². The van der Waals surface area contributed by atoms with Gasteiger partial charge in [-0.05, 0) is 36.8 Å². The van der Waals surface area contributed by atoms with Crippen molar-refractivity contribution in [1.82, 2.24) is 9.29 Å².